The van der Waals surface area contributed by atoms with Gasteiger partial charge in [0, 0.05) is 18.8 Å². The number of hydrogen-bond donors (Lipinski definition) is 1. The van der Waals surface area contributed by atoms with Gasteiger partial charge in [0.15, 0.2) is 17.2 Å². The highest BCUT2D eigenvalue weighted by Crippen LogP contribution is 2.35. The van der Waals surface area contributed by atoms with Crippen molar-refractivity contribution in [2.75, 3.05) is 6.79 Å². The molecule has 7 heteroatoms. The number of carbonyl (C=O) groups excluding carboxylic acids is 1. The molecule has 0 spiro atoms. The number of hydrogen-bond acceptors (Lipinski definition) is 5. The van der Waals surface area contributed by atoms with Gasteiger partial charge in [0.1, 0.15) is 0 Å². The van der Waals surface area contributed by atoms with Gasteiger partial charge < -0.3 is 14.8 Å². The van der Waals surface area contributed by atoms with E-state index in [4.69, 9.17) is 9.47 Å². The molecule has 126 valence electrons. The van der Waals surface area contributed by atoms with Crippen LogP contribution in [0.25, 0.3) is 11.3 Å². The number of aromatic nitrogens is 3. The van der Waals surface area contributed by atoms with Crippen molar-refractivity contribution >= 4 is 5.91 Å². The summed E-state index contributed by atoms with van der Waals surface area (Å²) in [7, 11) is 1.80. The molecule has 0 saturated heterocycles. The number of fused-ring (bicyclic) bond motifs is 1. The molecule has 0 unspecified atom stereocenters. The lowest BCUT2D eigenvalue weighted by atomic mass is 10.1. The molecule has 1 N–H and O–H groups in total. The maximum absolute atomic E-state index is 12.3. The Kier molecular flexibility index (Phi) is 3.81. The summed E-state index contributed by atoms with van der Waals surface area (Å²) in [4.78, 5) is 16.5. The molecule has 1 aliphatic rings. The van der Waals surface area contributed by atoms with E-state index in [-0.39, 0.29) is 12.7 Å². The van der Waals surface area contributed by atoms with Crippen LogP contribution in [-0.4, -0.2) is 27.5 Å². The second-order valence-corrected chi connectivity index (χ2v) is 5.61. The van der Waals surface area contributed by atoms with E-state index in [1.54, 1.807) is 24.0 Å². The largest absolute Gasteiger partial charge is 0.454 e. The van der Waals surface area contributed by atoms with Gasteiger partial charge in [-0.25, -0.2) is 0 Å². The van der Waals surface area contributed by atoms with Crippen molar-refractivity contribution in [1.82, 2.24) is 20.1 Å². The molecule has 0 atom stereocenters. The molecular weight excluding hydrogens is 320 g/mol. The molecule has 3 heterocycles. The third-order valence-corrected chi connectivity index (χ3v) is 3.94. The van der Waals surface area contributed by atoms with Gasteiger partial charge in [-0.3, -0.25) is 14.5 Å². The van der Waals surface area contributed by atoms with Crippen LogP contribution in [0.2, 0.25) is 0 Å². The first-order valence-electron chi connectivity index (χ1n) is 7.83. The van der Waals surface area contributed by atoms with Crippen LogP contribution in [0.3, 0.4) is 0 Å². The Bertz CT molecular complexity index is 921. The molecule has 7 nitrogen and oxygen atoms in total. The fraction of sp³-hybridized carbons (Fsp3) is 0.167. The topological polar surface area (TPSA) is 78.3 Å². The summed E-state index contributed by atoms with van der Waals surface area (Å²) in [6.07, 6.45) is 1.69. The number of pyridine rings is 1. The monoisotopic (exact) mass is 336 g/mol. The van der Waals surface area contributed by atoms with Gasteiger partial charge in [-0.15, -0.1) is 0 Å². The molecule has 1 aliphatic heterocycles. The van der Waals surface area contributed by atoms with Gasteiger partial charge in [0.25, 0.3) is 5.91 Å². The average molecular weight is 336 g/mol. The fourth-order valence-electron chi connectivity index (χ4n) is 2.67. The van der Waals surface area contributed by atoms with E-state index in [1.165, 1.54) is 0 Å². The Morgan fingerprint density at radius 2 is 2.08 bits per heavy atom. The number of carbonyl (C=O) groups is 1. The molecule has 4 rings (SSSR count). The third-order valence-electron chi connectivity index (χ3n) is 3.94. The van der Waals surface area contributed by atoms with Gasteiger partial charge in [-0.05, 0) is 36.4 Å². The van der Waals surface area contributed by atoms with Crippen LogP contribution in [-0.2, 0) is 13.6 Å². The molecular formula is C18H16N4O3. The molecule has 0 bridgehead atoms. The van der Waals surface area contributed by atoms with Crippen LogP contribution in [0.15, 0.2) is 48.7 Å². The Labute approximate surface area is 144 Å². The van der Waals surface area contributed by atoms with Crippen molar-refractivity contribution in [3.8, 4) is 22.8 Å². The minimum Gasteiger partial charge on any atom is -0.454 e. The predicted molar refractivity (Wildman–Crippen MR) is 90.2 cm³/mol. The lowest BCUT2D eigenvalue weighted by Crippen LogP contribution is -2.23. The molecule has 1 aromatic carbocycles. The van der Waals surface area contributed by atoms with E-state index in [0.29, 0.717) is 18.0 Å². The highest BCUT2D eigenvalue weighted by atomic mass is 16.7. The van der Waals surface area contributed by atoms with Crippen LogP contribution in [0.4, 0.5) is 0 Å². The summed E-state index contributed by atoms with van der Waals surface area (Å²) in [6.45, 7) is 0.584. The van der Waals surface area contributed by atoms with Crippen molar-refractivity contribution in [2.45, 2.75) is 6.54 Å². The summed E-state index contributed by atoms with van der Waals surface area (Å²) in [5.41, 5.74) is 2.87. The lowest BCUT2D eigenvalue weighted by molar-refractivity contribution is 0.0944. The van der Waals surface area contributed by atoms with E-state index in [0.717, 1.165) is 22.7 Å². The van der Waals surface area contributed by atoms with E-state index >= 15 is 0 Å². The predicted octanol–water partition coefficient (Wildman–Crippen LogP) is 2.14. The normalized spacial score (nSPS) is 12.2. The zero-order chi connectivity index (χ0) is 17.2. The minimum atomic E-state index is -0.242. The summed E-state index contributed by atoms with van der Waals surface area (Å²) in [5, 5.41) is 7.13. The number of nitrogens with zero attached hydrogens (tertiary/aromatic N) is 3. The van der Waals surface area contributed by atoms with E-state index in [2.05, 4.69) is 15.4 Å². The van der Waals surface area contributed by atoms with Gasteiger partial charge in [-0.1, -0.05) is 6.07 Å². The molecule has 2 aromatic heterocycles. The van der Waals surface area contributed by atoms with Gasteiger partial charge in [0.2, 0.25) is 6.79 Å². The maximum atomic E-state index is 12.3. The molecule has 0 radical (unpaired) electrons. The van der Waals surface area contributed by atoms with Crippen molar-refractivity contribution in [3.63, 3.8) is 0 Å². The van der Waals surface area contributed by atoms with Crippen molar-refractivity contribution in [2.24, 2.45) is 7.05 Å². The van der Waals surface area contributed by atoms with Crippen molar-refractivity contribution in [3.05, 3.63) is 60.0 Å². The van der Waals surface area contributed by atoms with Crippen LogP contribution >= 0.6 is 0 Å². The second-order valence-electron chi connectivity index (χ2n) is 5.61. The third kappa shape index (κ3) is 3.03. The number of rotatable bonds is 4. The zero-order valence-electron chi connectivity index (χ0n) is 13.6. The summed E-state index contributed by atoms with van der Waals surface area (Å²) >= 11 is 0. The van der Waals surface area contributed by atoms with Crippen molar-refractivity contribution < 1.29 is 14.3 Å². The molecule has 3 aromatic rings. The smallest absolute Gasteiger partial charge is 0.272 e. The number of ether oxygens (including phenoxy) is 2. The quantitative estimate of drug-likeness (QED) is 0.790. The Morgan fingerprint density at radius 1 is 1.20 bits per heavy atom. The first-order valence-corrected chi connectivity index (χ1v) is 7.83. The molecule has 0 saturated carbocycles. The first-order chi connectivity index (χ1) is 12.2. The van der Waals surface area contributed by atoms with Crippen molar-refractivity contribution in [1.29, 1.82) is 0 Å². The number of aryl methyl sites for hydroxylation is 1. The average Bonchev–Trinajstić information content (AvgIpc) is 3.26. The standard InChI is InChI=1S/C18H16N4O3/c1-22-15(12-5-6-16-17(8-12)25-11-24-16)9-14(21-22)18(23)20-10-13-4-2-3-7-19-13/h2-9H,10-11H2,1H3,(H,20,23). The second kappa shape index (κ2) is 6.27. The van der Waals surface area contributed by atoms with E-state index in [9.17, 15) is 4.79 Å². The lowest BCUT2D eigenvalue weighted by Gasteiger charge is -2.03. The molecule has 1 amide bonds. The first kappa shape index (κ1) is 15.2. The Hall–Kier alpha value is -3.35. The summed E-state index contributed by atoms with van der Waals surface area (Å²) < 4.78 is 12.4. The van der Waals surface area contributed by atoms with Gasteiger partial charge in [-0.2, -0.15) is 5.10 Å². The highest BCUT2D eigenvalue weighted by molar-refractivity contribution is 5.93. The number of benzene rings is 1. The number of nitrogens with one attached hydrogen (secondary N) is 1. The zero-order valence-corrected chi connectivity index (χ0v) is 13.6. The van der Waals surface area contributed by atoms with Crippen LogP contribution in [0.5, 0.6) is 11.5 Å². The Morgan fingerprint density at radius 3 is 2.92 bits per heavy atom. The Balaban J connectivity index is 1.52. The molecule has 25 heavy (non-hydrogen) atoms. The fourth-order valence-corrected chi connectivity index (χ4v) is 2.67. The maximum Gasteiger partial charge on any atom is 0.272 e. The highest BCUT2D eigenvalue weighted by Gasteiger charge is 2.18. The van der Waals surface area contributed by atoms with E-state index < -0.39 is 0 Å². The van der Waals surface area contributed by atoms with E-state index in [1.807, 2.05) is 36.4 Å². The summed E-state index contributed by atoms with van der Waals surface area (Å²) in [5.74, 6) is 1.17. The minimum absolute atomic E-state index is 0.228. The molecule has 0 fully saturated rings. The van der Waals surface area contributed by atoms with Crippen LogP contribution in [0, 0.1) is 0 Å². The number of amides is 1. The van der Waals surface area contributed by atoms with Gasteiger partial charge >= 0.3 is 0 Å². The van der Waals surface area contributed by atoms with Gasteiger partial charge in [0.05, 0.1) is 17.9 Å². The SMILES string of the molecule is Cn1nc(C(=O)NCc2ccccn2)cc1-c1ccc2c(c1)OCO2. The van der Waals surface area contributed by atoms with Crippen LogP contribution < -0.4 is 14.8 Å². The van der Waals surface area contributed by atoms with Crippen LogP contribution in [0.1, 0.15) is 16.2 Å². The molecule has 0 aliphatic carbocycles. The summed E-state index contributed by atoms with van der Waals surface area (Å²) in [6, 6.07) is 13.0.